The van der Waals surface area contributed by atoms with Gasteiger partial charge in [-0.25, -0.2) is 4.57 Å². The van der Waals surface area contributed by atoms with Gasteiger partial charge in [0.25, 0.3) is 0 Å². The maximum Gasteiger partial charge on any atom is 0.329 e. The molecule has 0 bridgehead atoms. The molecule has 0 aromatic heterocycles. The minimum absolute atomic E-state index is 0.0401. The molecule has 0 amide bonds. The topological polar surface area (TPSA) is 52.6 Å². The second kappa shape index (κ2) is 8.52. The number of carbonyl (C=O) groups excluding carboxylic acids is 1. The first kappa shape index (κ1) is 19.0. The van der Waals surface area contributed by atoms with E-state index in [-0.39, 0.29) is 5.78 Å². The van der Waals surface area contributed by atoms with Gasteiger partial charge in [0.1, 0.15) is 6.10 Å². The molecule has 1 rings (SSSR count). The van der Waals surface area contributed by atoms with Crippen LogP contribution >= 0.6 is 8.69 Å². The van der Waals surface area contributed by atoms with Crippen molar-refractivity contribution in [3.63, 3.8) is 0 Å². The second-order valence-corrected chi connectivity index (χ2v) is 6.50. The number of Topliss-reactive ketones (excluding diaryl/α,β-unsaturated/α-hetero) is 1. The van der Waals surface area contributed by atoms with Crippen molar-refractivity contribution in [2.24, 2.45) is 5.92 Å². The first-order valence-corrected chi connectivity index (χ1v) is 8.25. The van der Waals surface area contributed by atoms with Crippen molar-refractivity contribution in [1.82, 2.24) is 0 Å². The molecule has 2 unspecified atom stereocenters. The summed E-state index contributed by atoms with van der Waals surface area (Å²) < 4.78 is 21.1. The zero-order valence-corrected chi connectivity index (χ0v) is 15.1. The van der Waals surface area contributed by atoms with Gasteiger partial charge in [0.05, 0.1) is 0 Å². The Kier molecular flexibility index (Phi) is 7.34. The predicted octanol–water partition coefficient (Wildman–Crippen LogP) is 4.80. The highest BCUT2D eigenvalue weighted by Gasteiger charge is 2.27. The molecule has 22 heavy (non-hydrogen) atoms. The normalized spacial score (nSPS) is 14.3. The van der Waals surface area contributed by atoms with Crippen molar-refractivity contribution < 1.29 is 18.6 Å². The van der Waals surface area contributed by atoms with Crippen molar-refractivity contribution in [2.45, 2.75) is 60.4 Å². The van der Waals surface area contributed by atoms with Crippen molar-refractivity contribution >= 4 is 14.5 Å². The lowest BCUT2D eigenvalue weighted by Crippen LogP contribution is -2.31. The van der Waals surface area contributed by atoms with Crippen LogP contribution in [0.1, 0.15) is 54.2 Å². The Bertz CT molecular complexity index is 516. The monoisotopic (exact) mass is 324 g/mol. The summed E-state index contributed by atoms with van der Waals surface area (Å²) in [5.41, 5.74) is 3.75. The average molecular weight is 324 g/mol. The quantitative estimate of drug-likeness (QED) is 0.392. The lowest BCUT2D eigenvalue weighted by molar-refractivity contribution is -0.0932. The lowest BCUT2D eigenvalue weighted by atomic mass is 9.91. The molecule has 0 aliphatic carbocycles. The number of aryl methyl sites for hydroxylation is 3. The maximum absolute atomic E-state index is 12.9. The molecule has 1 aromatic rings. The van der Waals surface area contributed by atoms with E-state index in [0.29, 0.717) is 17.9 Å². The summed E-state index contributed by atoms with van der Waals surface area (Å²) in [6.45, 7) is 11.6. The van der Waals surface area contributed by atoms with Crippen LogP contribution < -0.4 is 0 Å². The summed E-state index contributed by atoms with van der Waals surface area (Å²) in [6, 6.07) is 4.01. The number of carbonyl (C=O) groups is 1. The third kappa shape index (κ3) is 5.28. The third-order valence-corrected chi connectivity index (χ3v) is 3.83. The molecule has 5 heteroatoms. The van der Waals surface area contributed by atoms with Crippen LogP contribution in [0.5, 0.6) is 0 Å². The molecule has 0 saturated carbocycles. The first-order valence-electron chi connectivity index (χ1n) is 7.52. The molecule has 0 aliphatic heterocycles. The average Bonchev–Trinajstić information content (AvgIpc) is 2.36. The minimum atomic E-state index is -0.696. The fourth-order valence-electron chi connectivity index (χ4n) is 2.70. The van der Waals surface area contributed by atoms with Crippen LogP contribution in [-0.4, -0.2) is 18.2 Å². The van der Waals surface area contributed by atoms with E-state index in [2.05, 4.69) is 0 Å². The van der Waals surface area contributed by atoms with E-state index < -0.39 is 21.1 Å². The molecule has 0 spiro atoms. The van der Waals surface area contributed by atoms with Gasteiger partial charge in [-0.2, -0.15) is 0 Å². The van der Waals surface area contributed by atoms with E-state index in [1.54, 1.807) is 6.92 Å². The Morgan fingerprint density at radius 3 is 2.14 bits per heavy atom. The van der Waals surface area contributed by atoms with Gasteiger partial charge >= 0.3 is 8.69 Å². The van der Waals surface area contributed by atoms with Gasteiger partial charge in [-0.05, 0) is 51.2 Å². The van der Waals surface area contributed by atoms with Crippen molar-refractivity contribution in [1.29, 1.82) is 0 Å². The Hall–Kier alpha value is -1.09. The number of benzene rings is 1. The lowest BCUT2D eigenvalue weighted by Gasteiger charge is -2.23. The van der Waals surface area contributed by atoms with E-state index in [1.165, 1.54) is 0 Å². The third-order valence-electron chi connectivity index (χ3n) is 3.45. The van der Waals surface area contributed by atoms with Gasteiger partial charge in [-0.1, -0.05) is 31.5 Å². The molecule has 122 valence electrons. The molecular weight excluding hydrogens is 299 g/mol. The van der Waals surface area contributed by atoms with E-state index in [9.17, 15) is 9.36 Å². The van der Waals surface area contributed by atoms with Crippen LogP contribution in [0, 0.1) is 26.7 Å². The SMILES string of the molecule is Cc1cc(C)c(C(=O)C(CC(C)C)OC(C)OP=O)c(C)c1. The summed E-state index contributed by atoms with van der Waals surface area (Å²) in [5.74, 6) is 0.263. The number of hydrogen-bond acceptors (Lipinski definition) is 4. The molecule has 0 saturated heterocycles. The summed E-state index contributed by atoms with van der Waals surface area (Å²) in [5, 5.41) is 0. The van der Waals surface area contributed by atoms with Crippen LogP contribution in [0.2, 0.25) is 0 Å². The Labute approximate surface area is 134 Å². The van der Waals surface area contributed by atoms with E-state index in [1.807, 2.05) is 46.8 Å². The summed E-state index contributed by atoms with van der Waals surface area (Å²) >= 11 is 0. The van der Waals surface area contributed by atoms with Crippen LogP contribution in [0.25, 0.3) is 0 Å². The van der Waals surface area contributed by atoms with Gasteiger partial charge in [0.2, 0.25) is 0 Å². The van der Waals surface area contributed by atoms with E-state index in [0.717, 1.165) is 16.7 Å². The molecule has 0 heterocycles. The standard InChI is InChI=1S/C17H25O4P/c1-10(2)7-15(20-14(6)21-22-19)17(18)16-12(4)8-11(3)9-13(16)5/h8-10,14-15H,7H2,1-6H3. The van der Waals surface area contributed by atoms with Crippen LogP contribution in [-0.2, 0) is 13.8 Å². The van der Waals surface area contributed by atoms with Gasteiger partial charge in [0, 0.05) is 5.56 Å². The number of ether oxygens (including phenoxy) is 1. The van der Waals surface area contributed by atoms with Crippen LogP contribution in [0.3, 0.4) is 0 Å². The van der Waals surface area contributed by atoms with Crippen LogP contribution in [0.15, 0.2) is 12.1 Å². The molecular formula is C17H25O4P. The molecule has 2 atom stereocenters. The van der Waals surface area contributed by atoms with Gasteiger partial charge < -0.3 is 4.74 Å². The molecule has 0 N–H and O–H groups in total. The number of rotatable bonds is 8. The minimum Gasteiger partial charge on any atom is -0.341 e. The largest absolute Gasteiger partial charge is 0.341 e. The highest BCUT2D eigenvalue weighted by molar-refractivity contribution is 7.17. The number of ketones is 1. The van der Waals surface area contributed by atoms with Gasteiger partial charge in [-0.3, -0.25) is 9.32 Å². The molecule has 0 fully saturated rings. The Morgan fingerprint density at radius 2 is 1.68 bits per heavy atom. The van der Waals surface area contributed by atoms with Gasteiger partial charge in [0.15, 0.2) is 12.1 Å². The predicted molar refractivity (Wildman–Crippen MR) is 87.5 cm³/mol. The highest BCUT2D eigenvalue weighted by atomic mass is 31.1. The van der Waals surface area contributed by atoms with Gasteiger partial charge in [-0.15, -0.1) is 0 Å². The summed E-state index contributed by atoms with van der Waals surface area (Å²) in [6.07, 6.45) is -0.704. The summed E-state index contributed by atoms with van der Waals surface area (Å²) in [4.78, 5) is 12.9. The molecule has 0 aliphatic rings. The Balaban J connectivity index is 3.08. The van der Waals surface area contributed by atoms with Crippen LogP contribution in [0.4, 0.5) is 0 Å². The summed E-state index contributed by atoms with van der Waals surface area (Å²) in [7, 11) is -0.449. The smallest absolute Gasteiger partial charge is 0.329 e. The molecule has 0 radical (unpaired) electrons. The molecule has 4 nitrogen and oxygen atoms in total. The zero-order chi connectivity index (χ0) is 16.9. The fourth-order valence-corrected chi connectivity index (χ4v) is 2.87. The fraction of sp³-hybridized carbons (Fsp3) is 0.588. The maximum atomic E-state index is 12.9. The first-order chi connectivity index (χ1) is 10.3. The highest BCUT2D eigenvalue weighted by Crippen LogP contribution is 2.23. The van der Waals surface area contributed by atoms with Crippen molar-refractivity contribution in [2.75, 3.05) is 0 Å². The van der Waals surface area contributed by atoms with E-state index in [4.69, 9.17) is 9.26 Å². The van der Waals surface area contributed by atoms with E-state index >= 15 is 0 Å². The second-order valence-electron chi connectivity index (χ2n) is 6.14. The van der Waals surface area contributed by atoms with Crippen molar-refractivity contribution in [3.05, 3.63) is 34.4 Å². The Morgan fingerprint density at radius 1 is 1.14 bits per heavy atom. The number of hydrogen-bond donors (Lipinski definition) is 0. The molecule has 1 aromatic carbocycles. The van der Waals surface area contributed by atoms with Crippen molar-refractivity contribution in [3.8, 4) is 0 Å². The zero-order valence-electron chi connectivity index (χ0n) is 14.2.